The van der Waals surface area contributed by atoms with E-state index in [1.165, 1.54) is 29.5 Å². The van der Waals surface area contributed by atoms with Crippen LogP contribution in [0.3, 0.4) is 0 Å². The Morgan fingerprint density at radius 1 is 0.709 bits per heavy atom. The van der Waals surface area contributed by atoms with Gasteiger partial charge in [-0.3, -0.25) is 19.0 Å². The summed E-state index contributed by atoms with van der Waals surface area (Å²) in [5.41, 5.74) is 1.70. The van der Waals surface area contributed by atoms with E-state index in [0.29, 0.717) is 79.5 Å². The molecule has 55 heavy (non-hydrogen) atoms. The van der Waals surface area contributed by atoms with E-state index in [4.69, 9.17) is 55.9 Å². The molecule has 2 saturated heterocycles. The molecule has 4 aromatic rings. The molecular weight excluding hydrogens is 878 g/mol. The minimum absolute atomic E-state index is 0.00913. The summed E-state index contributed by atoms with van der Waals surface area (Å²) < 4.78 is 66.1. The minimum atomic E-state index is -4.08. The molecule has 0 unspecified atom stereocenters. The third-order valence-corrected chi connectivity index (χ3v) is 15.1. The molecule has 2 aliphatic heterocycles. The predicted molar refractivity (Wildman–Crippen MR) is 215 cm³/mol. The number of ether oxygens (including phenoxy) is 2. The Bertz CT molecular complexity index is 2250. The number of sulfonamides is 2. The van der Waals surface area contributed by atoms with Gasteiger partial charge in [-0.2, -0.15) is 0 Å². The summed E-state index contributed by atoms with van der Waals surface area (Å²) in [7, 11) is -7.90. The first-order valence-electron chi connectivity index (χ1n) is 16.5. The van der Waals surface area contributed by atoms with Gasteiger partial charge in [0.2, 0.25) is 11.8 Å². The summed E-state index contributed by atoms with van der Waals surface area (Å²) >= 11 is 26.1. The maximum absolute atomic E-state index is 12.7. The van der Waals surface area contributed by atoms with Gasteiger partial charge in [-0.15, -0.1) is 22.7 Å². The lowest BCUT2D eigenvalue weighted by Crippen LogP contribution is -2.41. The van der Waals surface area contributed by atoms with Crippen LogP contribution in [0.5, 0.6) is 0 Å². The molecule has 4 heterocycles. The van der Waals surface area contributed by atoms with Crippen LogP contribution in [-0.2, 0) is 52.0 Å². The number of hydrogen-bond donors (Lipinski definition) is 2. The van der Waals surface area contributed by atoms with E-state index < -0.39 is 20.0 Å². The van der Waals surface area contributed by atoms with Gasteiger partial charge in [0.15, 0.2) is 10.3 Å². The predicted octanol–water partition coefficient (Wildman–Crippen LogP) is 6.23. The topological polar surface area (TPSA) is 177 Å². The fraction of sp³-hybridized carbons (Fsp3) is 0.394. The number of nitrogens with one attached hydrogen (secondary N) is 2. The summed E-state index contributed by atoms with van der Waals surface area (Å²) in [6.07, 6.45) is 0.342. The number of hydrogen-bond acceptors (Lipinski definition) is 12. The van der Waals surface area contributed by atoms with Gasteiger partial charge in [-0.1, -0.05) is 52.5 Å². The van der Waals surface area contributed by atoms with Gasteiger partial charge in [0, 0.05) is 46.0 Å². The van der Waals surface area contributed by atoms with Crippen LogP contribution in [-0.4, -0.2) is 101 Å². The number of aryl methyl sites for hydroxylation is 2. The van der Waals surface area contributed by atoms with Gasteiger partial charge in [-0.05, 0) is 50.6 Å². The van der Waals surface area contributed by atoms with Crippen LogP contribution in [0.25, 0.3) is 0 Å². The Kier molecular flexibility index (Phi) is 14.7. The van der Waals surface area contributed by atoms with Crippen molar-refractivity contribution in [3.8, 4) is 0 Å². The smallest absolute Gasteiger partial charge is 0.266 e. The average Bonchev–Trinajstić information content (AvgIpc) is 3.63. The first-order chi connectivity index (χ1) is 25.9. The van der Waals surface area contributed by atoms with E-state index >= 15 is 0 Å². The highest BCUT2D eigenvalue weighted by atomic mass is 35.5. The Hall–Kier alpha value is -2.78. The highest BCUT2D eigenvalue weighted by Gasteiger charge is 2.26. The zero-order valence-electron chi connectivity index (χ0n) is 29.7. The van der Waals surface area contributed by atoms with E-state index in [2.05, 4.69) is 19.4 Å². The molecule has 0 radical (unpaired) electrons. The van der Waals surface area contributed by atoms with Crippen LogP contribution in [0.4, 0.5) is 10.3 Å². The third kappa shape index (κ3) is 11.2. The van der Waals surface area contributed by atoms with Crippen molar-refractivity contribution in [2.24, 2.45) is 0 Å². The van der Waals surface area contributed by atoms with Crippen LogP contribution in [0, 0.1) is 20.8 Å². The van der Waals surface area contributed by atoms with Crippen molar-refractivity contribution in [1.82, 2.24) is 19.8 Å². The zero-order valence-corrected chi connectivity index (χ0v) is 35.9. The number of carbonyl (C=O) groups is 2. The highest BCUT2D eigenvalue weighted by molar-refractivity contribution is 7.93. The van der Waals surface area contributed by atoms with E-state index in [1.807, 2.05) is 0 Å². The number of nitrogens with zero attached hydrogens (tertiary/aromatic N) is 4. The second-order valence-electron chi connectivity index (χ2n) is 12.2. The van der Waals surface area contributed by atoms with Crippen molar-refractivity contribution in [3.63, 3.8) is 0 Å². The summed E-state index contributed by atoms with van der Waals surface area (Å²) in [6, 6.07) is 7.31. The molecular formula is C33H36Cl4N6O8S4. The van der Waals surface area contributed by atoms with E-state index in [-0.39, 0.29) is 59.8 Å². The number of amides is 2. The lowest BCUT2D eigenvalue weighted by atomic mass is 10.2. The zero-order chi connectivity index (χ0) is 40.1. The van der Waals surface area contributed by atoms with Gasteiger partial charge in [-0.25, -0.2) is 26.8 Å². The molecule has 2 aromatic heterocycles. The molecule has 6 rings (SSSR count). The van der Waals surface area contributed by atoms with Crippen molar-refractivity contribution in [2.75, 3.05) is 62.1 Å². The van der Waals surface area contributed by atoms with Crippen molar-refractivity contribution in [1.29, 1.82) is 0 Å². The standard InChI is InChI=1S/C17H20ClN3O4S2.C16H16Cl3N3O4S2/c1-11-13(18)4-3-5-15(11)27(23,24)20-17-19-12(2)14(26-17)10-16(22)21-6-8-25-9-7-21;1-9-13(8-14(23)22-2-4-26-5-3-22)27-16(20-9)21-28(24,25)15-11(18)6-10(17)7-12(15)19/h3-5H,6-10H2,1-2H3,(H,19,20);6-7H,2-5,8H2,1H3,(H,20,21). The molecule has 0 spiro atoms. The normalized spacial score (nSPS) is 15.0. The van der Waals surface area contributed by atoms with Gasteiger partial charge in [0.1, 0.15) is 4.90 Å². The van der Waals surface area contributed by atoms with Crippen LogP contribution >= 0.6 is 69.1 Å². The molecule has 2 N–H and O–H groups in total. The lowest BCUT2D eigenvalue weighted by Gasteiger charge is -2.26. The molecule has 14 nitrogen and oxygen atoms in total. The number of aromatic nitrogens is 2. The highest BCUT2D eigenvalue weighted by Crippen LogP contribution is 2.35. The van der Waals surface area contributed by atoms with Gasteiger partial charge in [0.05, 0.1) is 65.6 Å². The summed E-state index contributed by atoms with van der Waals surface area (Å²) in [4.78, 5) is 38.0. The minimum Gasteiger partial charge on any atom is -0.378 e. The maximum atomic E-state index is 12.7. The Morgan fingerprint density at radius 2 is 1.15 bits per heavy atom. The molecule has 0 saturated carbocycles. The second kappa shape index (κ2) is 18.7. The number of halogens is 4. The number of anilines is 2. The number of morpholine rings is 2. The fourth-order valence-electron chi connectivity index (χ4n) is 5.40. The van der Waals surface area contributed by atoms with Gasteiger partial charge >= 0.3 is 0 Å². The largest absolute Gasteiger partial charge is 0.378 e. The number of thiazole rings is 2. The molecule has 0 aliphatic carbocycles. The molecule has 2 fully saturated rings. The first kappa shape index (κ1) is 43.3. The van der Waals surface area contributed by atoms with Crippen molar-refractivity contribution >= 4 is 111 Å². The molecule has 2 aromatic carbocycles. The van der Waals surface area contributed by atoms with Crippen molar-refractivity contribution < 1.29 is 35.9 Å². The second-order valence-corrected chi connectivity index (χ2v) is 19.3. The third-order valence-electron chi connectivity index (χ3n) is 8.32. The number of rotatable bonds is 10. The quantitative estimate of drug-likeness (QED) is 0.186. The maximum Gasteiger partial charge on any atom is 0.266 e. The number of carbonyl (C=O) groups excluding carboxylic acids is 2. The van der Waals surface area contributed by atoms with Crippen LogP contribution in [0.1, 0.15) is 26.7 Å². The molecule has 298 valence electrons. The average molecular weight is 915 g/mol. The van der Waals surface area contributed by atoms with Gasteiger partial charge < -0.3 is 19.3 Å². The molecule has 22 heteroatoms. The van der Waals surface area contributed by atoms with Crippen molar-refractivity contribution in [3.05, 3.63) is 77.1 Å². The van der Waals surface area contributed by atoms with Crippen LogP contribution < -0.4 is 9.44 Å². The molecule has 0 bridgehead atoms. The van der Waals surface area contributed by atoms with Crippen LogP contribution in [0.2, 0.25) is 20.1 Å². The van der Waals surface area contributed by atoms with Gasteiger partial charge in [0.25, 0.3) is 20.0 Å². The first-order valence-corrected chi connectivity index (χ1v) is 22.6. The van der Waals surface area contributed by atoms with Crippen molar-refractivity contribution in [2.45, 2.75) is 43.4 Å². The fourth-order valence-corrected chi connectivity index (χ4v) is 11.8. The Labute approximate surface area is 347 Å². The summed E-state index contributed by atoms with van der Waals surface area (Å²) in [5, 5.41) is 0.774. The Morgan fingerprint density at radius 3 is 1.60 bits per heavy atom. The van der Waals surface area contributed by atoms with E-state index in [1.54, 1.807) is 42.7 Å². The Balaban J connectivity index is 0.000000211. The molecule has 2 aliphatic rings. The lowest BCUT2D eigenvalue weighted by molar-refractivity contribution is -0.135. The molecule has 2 amide bonds. The molecule has 0 atom stereocenters. The summed E-state index contributed by atoms with van der Waals surface area (Å²) in [6.45, 7) is 9.48. The number of benzene rings is 2. The SMILES string of the molecule is Cc1nc(NS(=O)(=O)c2c(Cl)cc(Cl)cc2Cl)sc1CC(=O)N1CCOCC1.Cc1nc(NS(=O)(=O)c2cccc(Cl)c2C)sc1CC(=O)N1CCOCC1. The van der Waals surface area contributed by atoms with E-state index in [9.17, 15) is 26.4 Å². The van der Waals surface area contributed by atoms with Crippen LogP contribution in [0.15, 0.2) is 40.1 Å². The summed E-state index contributed by atoms with van der Waals surface area (Å²) in [5.74, 6) is -0.0570. The van der Waals surface area contributed by atoms with E-state index in [0.717, 1.165) is 16.2 Å². The monoisotopic (exact) mass is 912 g/mol.